The van der Waals surface area contributed by atoms with Crippen LogP contribution in [0.1, 0.15) is 52.4 Å². The van der Waals surface area contributed by atoms with Crippen LogP contribution < -0.4 is 5.32 Å². The first-order chi connectivity index (χ1) is 11.2. The molecule has 0 radical (unpaired) electrons. The van der Waals surface area contributed by atoms with E-state index in [1.807, 2.05) is 13.8 Å². The van der Waals surface area contributed by atoms with Gasteiger partial charge in [-0.25, -0.2) is 8.42 Å². The van der Waals surface area contributed by atoms with Crippen molar-refractivity contribution in [1.82, 2.24) is 10.2 Å². The number of sulfone groups is 1. The molecule has 0 aromatic heterocycles. The summed E-state index contributed by atoms with van der Waals surface area (Å²) in [5.41, 5.74) is 0. The molecule has 0 aromatic rings. The highest BCUT2D eigenvalue weighted by atomic mass is 32.2. The predicted molar refractivity (Wildman–Crippen MR) is 93.2 cm³/mol. The molecule has 1 N–H and O–H groups in total. The maximum atomic E-state index is 12.6. The molecule has 2 fully saturated rings. The van der Waals surface area contributed by atoms with Crippen LogP contribution in [0.3, 0.4) is 0 Å². The Balaban J connectivity index is 1.83. The van der Waals surface area contributed by atoms with Crippen molar-refractivity contribution in [3.05, 3.63) is 0 Å². The minimum absolute atomic E-state index is 0.000199. The molecule has 1 heterocycles. The highest BCUT2D eigenvalue weighted by Crippen LogP contribution is 2.31. The third-order valence-corrected chi connectivity index (χ3v) is 7.30. The molecular formula is C17H30N2O4S. The average Bonchev–Trinajstić information content (AvgIpc) is 2.93. The number of hydrogen-bond acceptors (Lipinski definition) is 4. The summed E-state index contributed by atoms with van der Waals surface area (Å²) in [5, 5.41) is 3.02. The van der Waals surface area contributed by atoms with E-state index >= 15 is 0 Å². The van der Waals surface area contributed by atoms with Crippen molar-refractivity contribution in [3.8, 4) is 0 Å². The molecule has 0 bridgehead atoms. The Morgan fingerprint density at radius 1 is 1.12 bits per heavy atom. The van der Waals surface area contributed by atoms with Crippen LogP contribution in [0.5, 0.6) is 0 Å². The highest BCUT2D eigenvalue weighted by Gasteiger charge is 2.37. The number of nitrogens with one attached hydrogen (secondary N) is 1. The second-order valence-corrected chi connectivity index (χ2v) is 9.60. The molecule has 138 valence electrons. The average molecular weight is 359 g/mol. The van der Waals surface area contributed by atoms with Gasteiger partial charge in [-0.3, -0.25) is 9.59 Å². The van der Waals surface area contributed by atoms with Gasteiger partial charge in [-0.15, -0.1) is 0 Å². The van der Waals surface area contributed by atoms with Crippen LogP contribution >= 0.6 is 0 Å². The van der Waals surface area contributed by atoms with E-state index in [1.165, 1.54) is 0 Å². The van der Waals surface area contributed by atoms with Gasteiger partial charge in [-0.05, 0) is 45.4 Å². The van der Waals surface area contributed by atoms with Gasteiger partial charge in [-0.1, -0.05) is 6.92 Å². The monoisotopic (exact) mass is 358 g/mol. The number of rotatable bonds is 5. The summed E-state index contributed by atoms with van der Waals surface area (Å²) in [4.78, 5) is 26.4. The number of carbonyl (C=O) groups is 2. The zero-order valence-electron chi connectivity index (χ0n) is 15.0. The molecule has 0 aromatic carbocycles. The molecule has 24 heavy (non-hydrogen) atoms. The quantitative estimate of drug-likeness (QED) is 0.804. The first kappa shape index (κ1) is 19.2. The van der Waals surface area contributed by atoms with Crippen molar-refractivity contribution in [2.75, 3.05) is 18.6 Å². The molecule has 1 saturated carbocycles. The van der Waals surface area contributed by atoms with Crippen molar-refractivity contribution in [3.63, 3.8) is 0 Å². The van der Waals surface area contributed by atoms with Crippen LogP contribution in [0.4, 0.5) is 0 Å². The van der Waals surface area contributed by atoms with Gasteiger partial charge in [0.2, 0.25) is 11.8 Å². The van der Waals surface area contributed by atoms with Crippen molar-refractivity contribution in [2.45, 2.75) is 64.5 Å². The van der Waals surface area contributed by atoms with Crippen molar-refractivity contribution >= 4 is 21.7 Å². The maximum absolute atomic E-state index is 12.6. The lowest BCUT2D eigenvalue weighted by Gasteiger charge is -2.32. The van der Waals surface area contributed by atoms with Crippen molar-refractivity contribution in [1.29, 1.82) is 0 Å². The molecule has 7 heteroatoms. The van der Waals surface area contributed by atoms with Gasteiger partial charge in [0.05, 0.1) is 11.5 Å². The molecular weight excluding hydrogens is 328 g/mol. The van der Waals surface area contributed by atoms with Gasteiger partial charge in [0, 0.05) is 31.0 Å². The van der Waals surface area contributed by atoms with E-state index in [1.54, 1.807) is 11.9 Å². The molecule has 2 atom stereocenters. The first-order valence-corrected chi connectivity index (χ1v) is 10.8. The van der Waals surface area contributed by atoms with Crippen LogP contribution in [0.15, 0.2) is 0 Å². The van der Waals surface area contributed by atoms with E-state index in [9.17, 15) is 18.0 Å². The summed E-state index contributed by atoms with van der Waals surface area (Å²) in [6.07, 6.45) is 4.33. The summed E-state index contributed by atoms with van der Waals surface area (Å²) < 4.78 is 23.2. The van der Waals surface area contributed by atoms with Crippen LogP contribution in [-0.4, -0.2) is 55.8 Å². The molecule has 1 saturated heterocycles. The highest BCUT2D eigenvalue weighted by molar-refractivity contribution is 7.91. The third-order valence-electron chi connectivity index (χ3n) is 5.55. The third kappa shape index (κ3) is 4.71. The maximum Gasteiger partial charge on any atom is 0.225 e. The minimum Gasteiger partial charge on any atom is -0.353 e. The summed E-state index contributed by atoms with van der Waals surface area (Å²) in [5.74, 6) is 0.328. The SMILES string of the molecule is CCC(C)NC(=O)C1CCC(C(=O)N(C)C2CCS(=O)(=O)C2)CC1. The lowest BCUT2D eigenvalue weighted by Crippen LogP contribution is -2.44. The van der Waals surface area contributed by atoms with E-state index < -0.39 is 9.84 Å². The van der Waals surface area contributed by atoms with Crippen LogP contribution in [0.2, 0.25) is 0 Å². The standard InChI is InChI=1S/C17H30N2O4S/c1-4-12(2)18-16(20)13-5-7-14(8-6-13)17(21)19(3)15-9-10-24(22,23)11-15/h12-15H,4-11H2,1-3H3,(H,18,20). The molecule has 1 aliphatic heterocycles. The summed E-state index contributed by atoms with van der Waals surface area (Å²) in [6, 6.07) is 0.00114. The topological polar surface area (TPSA) is 83.6 Å². The fourth-order valence-corrected chi connectivity index (χ4v) is 5.39. The fraction of sp³-hybridized carbons (Fsp3) is 0.882. The Morgan fingerprint density at radius 3 is 2.21 bits per heavy atom. The largest absolute Gasteiger partial charge is 0.353 e. The van der Waals surface area contributed by atoms with Gasteiger partial charge >= 0.3 is 0 Å². The van der Waals surface area contributed by atoms with Crippen molar-refractivity contribution < 1.29 is 18.0 Å². The molecule has 2 aliphatic rings. The Morgan fingerprint density at radius 2 is 1.71 bits per heavy atom. The lowest BCUT2D eigenvalue weighted by atomic mass is 9.80. The van der Waals surface area contributed by atoms with E-state index in [4.69, 9.17) is 0 Å². The smallest absolute Gasteiger partial charge is 0.225 e. The number of carbonyl (C=O) groups excluding carboxylic acids is 2. The number of amides is 2. The van der Waals surface area contributed by atoms with Gasteiger partial charge in [-0.2, -0.15) is 0 Å². The van der Waals surface area contributed by atoms with E-state index in [0.29, 0.717) is 19.3 Å². The zero-order chi connectivity index (χ0) is 17.9. The van der Waals surface area contributed by atoms with Crippen LogP contribution in [-0.2, 0) is 19.4 Å². The molecule has 2 rings (SSSR count). The van der Waals surface area contributed by atoms with Crippen LogP contribution in [0.25, 0.3) is 0 Å². The summed E-state index contributed by atoms with van der Waals surface area (Å²) in [7, 11) is -1.27. The molecule has 6 nitrogen and oxygen atoms in total. The normalized spacial score (nSPS) is 30.5. The van der Waals surface area contributed by atoms with E-state index in [0.717, 1.165) is 19.3 Å². The van der Waals surface area contributed by atoms with Gasteiger partial charge in [0.1, 0.15) is 0 Å². The van der Waals surface area contributed by atoms with Gasteiger partial charge in [0.15, 0.2) is 9.84 Å². The first-order valence-electron chi connectivity index (χ1n) is 9.01. The number of nitrogens with zero attached hydrogens (tertiary/aromatic N) is 1. The molecule has 1 aliphatic carbocycles. The van der Waals surface area contributed by atoms with E-state index in [2.05, 4.69) is 5.32 Å². The Hall–Kier alpha value is -1.11. The van der Waals surface area contributed by atoms with Crippen molar-refractivity contribution in [2.24, 2.45) is 11.8 Å². The minimum atomic E-state index is -2.99. The second kappa shape index (κ2) is 7.85. The van der Waals surface area contributed by atoms with Gasteiger partial charge in [0.25, 0.3) is 0 Å². The predicted octanol–water partition coefficient (Wildman–Crippen LogP) is 1.35. The Kier molecular flexibility index (Phi) is 6.28. The van der Waals surface area contributed by atoms with Crippen LogP contribution in [0, 0.1) is 11.8 Å². The van der Waals surface area contributed by atoms with E-state index in [-0.39, 0.29) is 47.2 Å². The molecule has 2 unspecified atom stereocenters. The molecule has 2 amide bonds. The summed E-state index contributed by atoms with van der Waals surface area (Å²) in [6.45, 7) is 4.04. The second-order valence-electron chi connectivity index (χ2n) is 7.37. The molecule has 0 spiro atoms. The Labute approximate surface area is 145 Å². The lowest BCUT2D eigenvalue weighted by molar-refractivity contribution is -0.138. The Bertz CT molecular complexity index is 567. The number of hydrogen-bond donors (Lipinski definition) is 1. The summed E-state index contributed by atoms with van der Waals surface area (Å²) >= 11 is 0. The zero-order valence-corrected chi connectivity index (χ0v) is 15.8. The fourth-order valence-electron chi connectivity index (χ4n) is 3.61. The van der Waals surface area contributed by atoms with Gasteiger partial charge < -0.3 is 10.2 Å².